The number of benzene rings is 1. The van der Waals surface area contributed by atoms with E-state index in [0.29, 0.717) is 0 Å². The summed E-state index contributed by atoms with van der Waals surface area (Å²) in [6.45, 7) is 3.90. The first-order valence-corrected chi connectivity index (χ1v) is 7.42. The molecule has 1 unspecified atom stereocenters. The largest absolute Gasteiger partial charge is 0.338 e. The van der Waals surface area contributed by atoms with Gasteiger partial charge in [-0.3, -0.25) is 4.79 Å². The molecular formula is C14H20FNOS. The highest BCUT2D eigenvalue weighted by atomic mass is 32.2. The fraction of sp³-hybridized carbons (Fsp3) is 0.500. The summed E-state index contributed by atoms with van der Waals surface area (Å²) in [6.07, 6.45) is 2.88. The molecule has 1 atom stereocenters. The maximum absolute atomic E-state index is 13.7. The zero-order valence-electron chi connectivity index (χ0n) is 11.4. The van der Waals surface area contributed by atoms with Gasteiger partial charge in [0.2, 0.25) is 0 Å². The van der Waals surface area contributed by atoms with Gasteiger partial charge in [0, 0.05) is 18.8 Å². The number of hydrogen-bond acceptors (Lipinski definition) is 2. The van der Waals surface area contributed by atoms with Gasteiger partial charge in [-0.05, 0) is 31.7 Å². The molecule has 18 heavy (non-hydrogen) atoms. The molecule has 0 aliphatic rings. The van der Waals surface area contributed by atoms with Crippen molar-refractivity contribution in [2.45, 2.75) is 26.3 Å². The van der Waals surface area contributed by atoms with Crippen LogP contribution in [0.4, 0.5) is 4.39 Å². The zero-order valence-corrected chi connectivity index (χ0v) is 12.2. The lowest BCUT2D eigenvalue weighted by Crippen LogP contribution is -2.38. The molecule has 1 amide bonds. The number of hydrogen-bond donors (Lipinski definition) is 0. The van der Waals surface area contributed by atoms with E-state index in [1.807, 2.05) is 20.1 Å². The maximum atomic E-state index is 13.7. The second-order valence-corrected chi connectivity index (χ2v) is 5.33. The van der Waals surface area contributed by atoms with Crippen molar-refractivity contribution in [1.29, 1.82) is 0 Å². The molecule has 0 aromatic heterocycles. The van der Waals surface area contributed by atoms with Crippen LogP contribution in [0.15, 0.2) is 18.2 Å². The van der Waals surface area contributed by atoms with Gasteiger partial charge >= 0.3 is 0 Å². The van der Waals surface area contributed by atoms with Crippen molar-refractivity contribution in [3.63, 3.8) is 0 Å². The van der Waals surface area contributed by atoms with Crippen LogP contribution in [0.5, 0.6) is 0 Å². The van der Waals surface area contributed by atoms with Crippen LogP contribution in [-0.4, -0.2) is 35.9 Å². The summed E-state index contributed by atoms with van der Waals surface area (Å²) >= 11 is 1.69. The lowest BCUT2D eigenvalue weighted by atomic mass is 10.1. The summed E-state index contributed by atoms with van der Waals surface area (Å²) in [5.41, 5.74) is 1.06. The van der Waals surface area contributed by atoms with Gasteiger partial charge in [0.05, 0.1) is 5.56 Å². The summed E-state index contributed by atoms with van der Waals surface area (Å²) in [4.78, 5) is 13.9. The van der Waals surface area contributed by atoms with Gasteiger partial charge in [0.25, 0.3) is 5.91 Å². The van der Waals surface area contributed by atoms with E-state index in [9.17, 15) is 9.18 Å². The quantitative estimate of drug-likeness (QED) is 0.817. The van der Waals surface area contributed by atoms with E-state index in [-0.39, 0.29) is 17.5 Å². The minimum absolute atomic E-state index is 0.146. The van der Waals surface area contributed by atoms with Crippen LogP contribution in [0.3, 0.4) is 0 Å². The number of thioether (sulfide) groups is 1. The second kappa shape index (κ2) is 6.78. The number of amides is 1. The Labute approximate surface area is 113 Å². The molecule has 0 fully saturated rings. The van der Waals surface area contributed by atoms with Gasteiger partial charge in [-0.1, -0.05) is 18.6 Å². The van der Waals surface area contributed by atoms with E-state index in [1.165, 1.54) is 6.07 Å². The molecule has 0 radical (unpaired) electrons. The van der Waals surface area contributed by atoms with E-state index in [1.54, 1.807) is 35.8 Å². The number of carbonyl (C=O) groups is 1. The average Bonchev–Trinajstić information content (AvgIpc) is 2.37. The fourth-order valence-corrected chi connectivity index (χ4v) is 2.70. The number of halogens is 1. The third-order valence-electron chi connectivity index (χ3n) is 3.05. The standard InChI is InChI=1S/C14H20FNOS/c1-5-11(9-18-4)16(3)14(17)12-8-10(2)6-7-13(12)15/h6-8,11H,5,9H2,1-4H3. The highest BCUT2D eigenvalue weighted by Crippen LogP contribution is 2.16. The Hall–Kier alpha value is -1.03. The summed E-state index contributed by atoms with van der Waals surface area (Å²) in [6, 6.07) is 4.78. The molecule has 0 spiro atoms. The van der Waals surface area contributed by atoms with E-state index >= 15 is 0 Å². The lowest BCUT2D eigenvalue weighted by molar-refractivity contribution is 0.0739. The van der Waals surface area contributed by atoms with Crippen molar-refractivity contribution in [3.05, 3.63) is 35.1 Å². The molecule has 1 aromatic rings. The molecule has 1 rings (SSSR count). The van der Waals surface area contributed by atoms with Crippen molar-refractivity contribution in [3.8, 4) is 0 Å². The van der Waals surface area contributed by atoms with Crippen LogP contribution < -0.4 is 0 Å². The number of aryl methyl sites for hydroxylation is 1. The topological polar surface area (TPSA) is 20.3 Å². The minimum Gasteiger partial charge on any atom is -0.338 e. The zero-order chi connectivity index (χ0) is 13.7. The predicted molar refractivity (Wildman–Crippen MR) is 75.7 cm³/mol. The van der Waals surface area contributed by atoms with E-state index in [2.05, 4.69) is 0 Å². The Balaban J connectivity index is 2.95. The fourth-order valence-electron chi connectivity index (χ4n) is 1.85. The molecule has 0 heterocycles. The van der Waals surface area contributed by atoms with Crippen LogP contribution in [-0.2, 0) is 0 Å². The van der Waals surface area contributed by atoms with E-state index < -0.39 is 5.82 Å². The van der Waals surface area contributed by atoms with Gasteiger partial charge in [-0.15, -0.1) is 0 Å². The van der Waals surface area contributed by atoms with E-state index in [0.717, 1.165) is 17.7 Å². The summed E-state index contributed by atoms with van der Waals surface area (Å²) in [7, 11) is 1.74. The summed E-state index contributed by atoms with van der Waals surface area (Å²) < 4.78 is 13.7. The normalized spacial score (nSPS) is 12.3. The highest BCUT2D eigenvalue weighted by molar-refractivity contribution is 7.98. The average molecular weight is 269 g/mol. The van der Waals surface area contributed by atoms with Gasteiger partial charge in [-0.25, -0.2) is 4.39 Å². The Bertz CT molecular complexity index is 422. The van der Waals surface area contributed by atoms with Gasteiger partial charge in [-0.2, -0.15) is 11.8 Å². The summed E-state index contributed by atoms with van der Waals surface area (Å²) in [5.74, 6) is 0.181. The molecule has 0 aliphatic carbocycles. The van der Waals surface area contributed by atoms with Crippen molar-refractivity contribution >= 4 is 17.7 Å². The molecule has 1 aromatic carbocycles. The first-order valence-electron chi connectivity index (χ1n) is 6.03. The van der Waals surface area contributed by atoms with Gasteiger partial charge < -0.3 is 4.90 Å². The predicted octanol–water partition coefficient (Wildman–Crippen LogP) is 3.35. The van der Waals surface area contributed by atoms with Gasteiger partial charge in [0.1, 0.15) is 5.82 Å². The number of rotatable bonds is 5. The van der Waals surface area contributed by atoms with Crippen LogP contribution in [0.2, 0.25) is 0 Å². The number of nitrogens with zero attached hydrogens (tertiary/aromatic N) is 1. The van der Waals surface area contributed by atoms with E-state index in [4.69, 9.17) is 0 Å². The number of carbonyl (C=O) groups excluding carboxylic acids is 1. The smallest absolute Gasteiger partial charge is 0.256 e. The molecule has 4 heteroatoms. The SMILES string of the molecule is CCC(CSC)N(C)C(=O)c1cc(C)ccc1F. The highest BCUT2D eigenvalue weighted by Gasteiger charge is 2.21. The molecule has 0 aliphatic heterocycles. The van der Waals surface area contributed by atoms with Crippen LogP contribution in [0.1, 0.15) is 29.3 Å². The second-order valence-electron chi connectivity index (χ2n) is 4.42. The van der Waals surface area contributed by atoms with Crippen LogP contribution in [0.25, 0.3) is 0 Å². The monoisotopic (exact) mass is 269 g/mol. The molecular weight excluding hydrogens is 249 g/mol. The van der Waals surface area contributed by atoms with Crippen molar-refractivity contribution < 1.29 is 9.18 Å². The van der Waals surface area contributed by atoms with Crippen LogP contribution in [0, 0.1) is 12.7 Å². The summed E-state index contributed by atoms with van der Waals surface area (Å²) in [5, 5.41) is 0. The molecule has 0 N–H and O–H groups in total. The molecule has 100 valence electrons. The van der Waals surface area contributed by atoms with Crippen molar-refractivity contribution in [2.24, 2.45) is 0 Å². The van der Waals surface area contributed by atoms with Crippen molar-refractivity contribution in [2.75, 3.05) is 19.1 Å². The molecule has 0 saturated heterocycles. The lowest BCUT2D eigenvalue weighted by Gasteiger charge is -2.27. The molecule has 0 saturated carbocycles. The first-order chi connectivity index (χ1) is 8.51. The van der Waals surface area contributed by atoms with Gasteiger partial charge in [0.15, 0.2) is 0 Å². The molecule has 2 nitrogen and oxygen atoms in total. The Morgan fingerprint density at radius 2 is 2.17 bits per heavy atom. The Morgan fingerprint density at radius 3 is 2.72 bits per heavy atom. The Kier molecular flexibility index (Phi) is 5.66. The van der Waals surface area contributed by atoms with Crippen LogP contribution >= 0.6 is 11.8 Å². The third-order valence-corrected chi connectivity index (χ3v) is 3.77. The minimum atomic E-state index is -0.448. The first kappa shape index (κ1) is 15.0. The molecule has 0 bridgehead atoms. The third kappa shape index (κ3) is 3.48. The van der Waals surface area contributed by atoms with Crippen molar-refractivity contribution in [1.82, 2.24) is 4.90 Å². The Morgan fingerprint density at radius 1 is 1.50 bits per heavy atom. The maximum Gasteiger partial charge on any atom is 0.256 e.